The Morgan fingerprint density at radius 1 is 1.13 bits per heavy atom. The van der Waals surface area contributed by atoms with Crippen LogP contribution in [-0.2, 0) is 16.6 Å². The van der Waals surface area contributed by atoms with Gasteiger partial charge in [0.1, 0.15) is 0 Å². The molecular weight excluding hydrogens is 282 g/mol. The van der Waals surface area contributed by atoms with Crippen molar-refractivity contribution in [1.82, 2.24) is 5.32 Å². The molecule has 0 aliphatic carbocycles. The van der Waals surface area contributed by atoms with Crippen molar-refractivity contribution in [2.75, 3.05) is 6.54 Å². The third-order valence-electron chi connectivity index (χ3n) is 4.59. The summed E-state index contributed by atoms with van der Waals surface area (Å²) in [6, 6.07) is 8.68. The number of hydrogen-bond donors (Lipinski definition) is 1. The zero-order chi connectivity index (χ0) is 17.3. The molecule has 1 aromatic rings. The van der Waals surface area contributed by atoms with E-state index in [4.69, 9.17) is 0 Å². The van der Waals surface area contributed by atoms with Gasteiger partial charge in [0.15, 0.2) is 0 Å². The third-order valence-corrected chi connectivity index (χ3v) is 4.59. The van der Waals surface area contributed by atoms with Crippen LogP contribution in [0.5, 0.6) is 0 Å². The smallest absolute Gasteiger partial charge is 0.220 e. The summed E-state index contributed by atoms with van der Waals surface area (Å²) in [5.74, 6) is 0.810. The summed E-state index contributed by atoms with van der Waals surface area (Å²) in [6.45, 7) is 11.9. The fraction of sp³-hybridized carbons (Fsp3) is 0.667. The molecule has 0 fully saturated rings. The maximum Gasteiger partial charge on any atom is 0.220 e. The van der Waals surface area contributed by atoms with Crippen LogP contribution in [0.1, 0.15) is 77.8 Å². The summed E-state index contributed by atoms with van der Waals surface area (Å²) in [6.07, 6.45) is 6.26. The van der Waals surface area contributed by atoms with Gasteiger partial charge in [-0.05, 0) is 35.3 Å². The Hall–Kier alpha value is -1.31. The van der Waals surface area contributed by atoms with Gasteiger partial charge in [0.25, 0.3) is 0 Å². The molecule has 0 aliphatic rings. The quantitative estimate of drug-likeness (QED) is 0.662. The van der Waals surface area contributed by atoms with Gasteiger partial charge >= 0.3 is 0 Å². The number of rotatable bonds is 9. The number of amides is 1. The molecule has 23 heavy (non-hydrogen) atoms. The van der Waals surface area contributed by atoms with Gasteiger partial charge in [0.2, 0.25) is 5.91 Å². The molecule has 0 aromatic heterocycles. The van der Waals surface area contributed by atoms with Gasteiger partial charge in [-0.15, -0.1) is 0 Å². The van der Waals surface area contributed by atoms with Crippen molar-refractivity contribution in [2.24, 2.45) is 5.92 Å². The van der Waals surface area contributed by atoms with Gasteiger partial charge in [-0.3, -0.25) is 4.79 Å². The highest BCUT2D eigenvalue weighted by Crippen LogP contribution is 2.22. The first-order valence-corrected chi connectivity index (χ1v) is 9.23. The predicted molar refractivity (Wildman–Crippen MR) is 99.8 cm³/mol. The van der Waals surface area contributed by atoms with Gasteiger partial charge in [-0.1, -0.05) is 78.1 Å². The van der Waals surface area contributed by atoms with Crippen molar-refractivity contribution in [3.8, 4) is 0 Å². The Morgan fingerprint density at radius 2 is 1.78 bits per heavy atom. The maximum atomic E-state index is 12.0. The highest BCUT2D eigenvalue weighted by atomic mass is 16.1. The maximum absolute atomic E-state index is 12.0. The molecule has 1 N–H and O–H groups in total. The van der Waals surface area contributed by atoms with E-state index >= 15 is 0 Å². The molecule has 0 heterocycles. The average molecular weight is 318 g/mol. The second-order valence-electron chi connectivity index (χ2n) is 7.67. The molecule has 0 spiro atoms. The standard InChI is InChI=1S/C21H35NO/c1-6-8-9-17(7-2)16-22-20(23)15-12-18-10-13-19(14-11-18)21(3,4)5/h10-11,13-14,17H,6-9,12,15-16H2,1-5H3,(H,22,23). The molecule has 1 aromatic carbocycles. The van der Waals surface area contributed by atoms with E-state index in [0.717, 1.165) is 19.4 Å². The summed E-state index contributed by atoms with van der Waals surface area (Å²) < 4.78 is 0. The van der Waals surface area contributed by atoms with Crippen molar-refractivity contribution in [2.45, 2.75) is 78.6 Å². The van der Waals surface area contributed by atoms with Crippen LogP contribution in [0.2, 0.25) is 0 Å². The lowest BCUT2D eigenvalue weighted by atomic mass is 9.86. The Balaban J connectivity index is 2.35. The lowest BCUT2D eigenvalue weighted by Gasteiger charge is -2.19. The van der Waals surface area contributed by atoms with Crippen molar-refractivity contribution in [3.05, 3.63) is 35.4 Å². The molecule has 2 heteroatoms. The Kier molecular flexibility index (Phi) is 8.36. The van der Waals surface area contributed by atoms with Crippen LogP contribution >= 0.6 is 0 Å². The fourth-order valence-electron chi connectivity index (χ4n) is 2.72. The lowest BCUT2D eigenvalue weighted by molar-refractivity contribution is -0.121. The first-order chi connectivity index (χ1) is 10.9. The van der Waals surface area contributed by atoms with Gasteiger partial charge < -0.3 is 5.32 Å². The van der Waals surface area contributed by atoms with Crippen molar-refractivity contribution >= 4 is 5.91 Å². The highest BCUT2D eigenvalue weighted by molar-refractivity contribution is 5.76. The third kappa shape index (κ3) is 7.67. The van der Waals surface area contributed by atoms with Crippen LogP contribution in [0.4, 0.5) is 0 Å². The summed E-state index contributed by atoms with van der Waals surface area (Å²) >= 11 is 0. The Morgan fingerprint density at radius 3 is 2.30 bits per heavy atom. The number of aryl methyl sites for hydroxylation is 1. The van der Waals surface area contributed by atoms with E-state index in [1.54, 1.807) is 0 Å². The summed E-state index contributed by atoms with van der Waals surface area (Å²) in [5.41, 5.74) is 2.77. The molecule has 1 atom stereocenters. The number of hydrogen-bond acceptors (Lipinski definition) is 1. The van der Waals surface area contributed by atoms with Crippen LogP contribution < -0.4 is 5.32 Å². The zero-order valence-corrected chi connectivity index (χ0v) is 15.7. The topological polar surface area (TPSA) is 29.1 Å². The average Bonchev–Trinajstić information content (AvgIpc) is 2.52. The van der Waals surface area contributed by atoms with E-state index in [9.17, 15) is 4.79 Å². The van der Waals surface area contributed by atoms with Crippen molar-refractivity contribution < 1.29 is 4.79 Å². The van der Waals surface area contributed by atoms with E-state index in [1.165, 1.54) is 30.4 Å². The van der Waals surface area contributed by atoms with Gasteiger partial charge in [-0.25, -0.2) is 0 Å². The van der Waals surface area contributed by atoms with E-state index in [-0.39, 0.29) is 11.3 Å². The normalized spacial score (nSPS) is 12.9. The molecule has 1 amide bonds. The number of unbranched alkanes of at least 4 members (excludes halogenated alkanes) is 1. The second kappa shape index (κ2) is 9.75. The summed E-state index contributed by atoms with van der Waals surface area (Å²) in [5, 5.41) is 3.11. The molecule has 0 aliphatic heterocycles. The zero-order valence-electron chi connectivity index (χ0n) is 15.7. The minimum absolute atomic E-state index is 0.180. The molecule has 1 rings (SSSR count). The van der Waals surface area contributed by atoms with Crippen LogP contribution in [-0.4, -0.2) is 12.5 Å². The van der Waals surface area contributed by atoms with E-state index in [2.05, 4.69) is 64.2 Å². The lowest BCUT2D eigenvalue weighted by Crippen LogP contribution is -2.29. The second-order valence-corrected chi connectivity index (χ2v) is 7.67. The number of benzene rings is 1. The minimum atomic E-state index is 0.180. The van der Waals surface area contributed by atoms with Gasteiger partial charge in [0.05, 0.1) is 0 Å². The van der Waals surface area contributed by atoms with Gasteiger partial charge in [-0.2, -0.15) is 0 Å². The molecular formula is C21H35NO. The fourth-order valence-corrected chi connectivity index (χ4v) is 2.72. The van der Waals surface area contributed by atoms with Crippen molar-refractivity contribution in [3.63, 3.8) is 0 Å². The molecule has 0 saturated carbocycles. The van der Waals surface area contributed by atoms with E-state index in [0.29, 0.717) is 12.3 Å². The molecule has 1 unspecified atom stereocenters. The summed E-state index contributed by atoms with van der Waals surface area (Å²) in [7, 11) is 0. The van der Waals surface area contributed by atoms with Crippen LogP contribution in [0.3, 0.4) is 0 Å². The predicted octanol–water partition coefficient (Wildman–Crippen LogP) is 5.25. The van der Waals surface area contributed by atoms with Crippen LogP contribution in [0.15, 0.2) is 24.3 Å². The molecule has 0 bridgehead atoms. The first kappa shape index (κ1) is 19.7. The molecule has 2 nitrogen and oxygen atoms in total. The highest BCUT2D eigenvalue weighted by Gasteiger charge is 2.13. The molecule has 130 valence electrons. The van der Waals surface area contributed by atoms with E-state index < -0.39 is 0 Å². The van der Waals surface area contributed by atoms with Crippen LogP contribution in [0.25, 0.3) is 0 Å². The van der Waals surface area contributed by atoms with Gasteiger partial charge in [0, 0.05) is 13.0 Å². The van der Waals surface area contributed by atoms with E-state index in [1.807, 2.05) is 0 Å². The number of nitrogens with one attached hydrogen (secondary N) is 1. The minimum Gasteiger partial charge on any atom is -0.356 e. The molecule has 0 radical (unpaired) electrons. The first-order valence-electron chi connectivity index (χ1n) is 9.23. The van der Waals surface area contributed by atoms with Crippen LogP contribution in [0, 0.1) is 5.92 Å². The monoisotopic (exact) mass is 317 g/mol. The SMILES string of the molecule is CCCCC(CC)CNC(=O)CCc1ccc(C(C)(C)C)cc1. The molecule has 0 saturated heterocycles. The number of carbonyl (C=O) groups is 1. The largest absolute Gasteiger partial charge is 0.356 e. The Bertz CT molecular complexity index is 456. The summed E-state index contributed by atoms with van der Waals surface area (Å²) in [4.78, 5) is 12.0. The van der Waals surface area contributed by atoms with Crippen molar-refractivity contribution in [1.29, 1.82) is 0 Å². The number of carbonyl (C=O) groups excluding carboxylic acids is 1. The Labute approximate surface area is 143 Å².